The number of aromatic nitrogens is 12. The Morgan fingerprint density at radius 2 is 1.18 bits per heavy atom. The minimum atomic E-state index is 0. The van der Waals surface area contributed by atoms with Crippen molar-refractivity contribution in [1.29, 1.82) is 0 Å². The van der Waals surface area contributed by atoms with Crippen molar-refractivity contribution in [1.82, 2.24) is 59.0 Å². The number of hydrogen-bond acceptors (Lipinski definition) is 14. The fourth-order valence-electron chi connectivity index (χ4n) is 10.0. The van der Waals surface area contributed by atoms with Gasteiger partial charge in [0.2, 0.25) is 5.89 Å². The quantitative estimate of drug-likeness (QED) is 0.0609. The minimum absolute atomic E-state index is 0. The number of thiazole rings is 1. The maximum atomic E-state index is 10.2. The molecule has 99 heavy (non-hydrogen) atoms. The predicted molar refractivity (Wildman–Crippen MR) is 378 cm³/mol. The molecule has 3 N–H and O–H groups in total. The molecule has 0 saturated carbocycles. The van der Waals surface area contributed by atoms with Crippen LogP contribution in [0.5, 0.6) is 17.2 Å². The van der Waals surface area contributed by atoms with E-state index >= 15 is 0 Å². The number of rotatable bonds is 16. The molecule has 535 valence electrons. The van der Waals surface area contributed by atoms with Gasteiger partial charge in [-0.1, -0.05) is 187 Å². The second kappa shape index (κ2) is 41.5. The van der Waals surface area contributed by atoms with Gasteiger partial charge in [0.15, 0.2) is 0 Å². The molecule has 0 bridgehead atoms. The van der Waals surface area contributed by atoms with Crippen LogP contribution in [0.4, 0.5) is 0 Å². The maximum Gasteiger partial charge on any atom is 0.229 e. The molecule has 0 aliphatic rings. The van der Waals surface area contributed by atoms with Crippen molar-refractivity contribution in [3.63, 3.8) is 0 Å². The number of hydrogen-bond donors (Lipinski definition) is 3. The van der Waals surface area contributed by atoms with Crippen LogP contribution in [-0.2, 0) is 119 Å². The summed E-state index contributed by atoms with van der Waals surface area (Å²) in [4.78, 5) is 30.3. The van der Waals surface area contributed by atoms with Gasteiger partial charge < -0.3 is 53.6 Å². The summed E-state index contributed by atoms with van der Waals surface area (Å²) < 4.78 is 12.1. The molecular weight excluding hydrogens is 2060 g/mol. The Labute approximate surface area is 655 Å². The molecule has 0 amide bonds. The molecule has 0 aliphatic carbocycles. The van der Waals surface area contributed by atoms with E-state index in [-0.39, 0.29) is 122 Å². The summed E-state index contributed by atoms with van der Waals surface area (Å²) >= 11 is 1.62. The van der Waals surface area contributed by atoms with Gasteiger partial charge in [0, 0.05) is 161 Å². The second-order valence-electron chi connectivity index (χ2n) is 26.5. The first-order valence-corrected chi connectivity index (χ1v) is 33.1. The third-order valence-corrected chi connectivity index (χ3v) is 16.5. The SMILES string of the molecule is CC(C)(C)Cc1ccc(O)c(-c2nc3ccccc3s2)c1.CC(C)(C)Cc1cnc(-c2ccccc2O)o1.CCC(C)c1n[c-]n(-c2ccccn2)n1.CCCC(C)c1nc(-c2ccccc2O)cn1-c1ccccc1.Cc1n[c-]n(-c2cc(CC(C)C(C)C)ccn2)n1.[Ir].[Ir].[Ir].[Ir].[Rh]. The van der Waals surface area contributed by atoms with Crippen molar-refractivity contribution in [2.24, 2.45) is 22.7 Å². The second-order valence-corrected chi connectivity index (χ2v) is 27.5. The zero-order chi connectivity index (χ0) is 67.5. The number of phenols is 3. The van der Waals surface area contributed by atoms with Crippen molar-refractivity contribution < 1.29 is 120 Å². The first-order valence-electron chi connectivity index (χ1n) is 32.3. The topological polar surface area (TPSA) is 205 Å². The van der Waals surface area contributed by atoms with Gasteiger partial charge in [-0.25, -0.2) is 25.1 Å². The molecule has 3 atom stereocenters. The van der Waals surface area contributed by atoms with Crippen LogP contribution in [0, 0.1) is 42.2 Å². The Morgan fingerprint density at radius 1 is 0.576 bits per heavy atom. The van der Waals surface area contributed by atoms with E-state index in [2.05, 4.69) is 184 Å². The fraction of sp³-hybridized carbons (Fsp3) is 0.338. The zero-order valence-electron chi connectivity index (χ0n) is 58.5. The van der Waals surface area contributed by atoms with Gasteiger partial charge in [-0.15, -0.1) is 11.3 Å². The Kier molecular flexibility index (Phi) is 36.4. The van der Waals surface area contributed by atoms with Crippen LogP contribution < -0.4 is 0 Å². The Hall–Kier alpha value is -6.39. The fourth-order valence-corrected chi connectivity index (χ4v) is 11.0. The number of oxazole rings is 1. The van der Waals surface area contributed by atoms with E-state index in [1.54, 1.807) is 63.4 Å². The number of phenolic OH excluding ortho intramolecular Hbond substituents is 3. The first-order chi connectivity index (χ1) is 44.9. The molecule has 5 radical (unpaired) electrons. The van der Waals surface area contributed by atoms with Gasteiger partial charge in [-0.05, 0) is 133 Å². The average molecular weight is 2150 g/mol. The summed E-state index contributed by atoms with van der Waals surface area (Å²) in [6.45, 7) is 30.3. The van der Waals surface area contributed by atoms with E-state index in [1.807, 2.05) is 104 Å². The summed E-state index contributed by atoms with van der Waals surface area (Å²) in [6.07, 6.45) is 19.0. The molecule has 0 saturated heterocycles. The summed E-state index contributed by atoms with van der Waals surface area (Å²) in [6, 6.07) is 48.3. The molecule has 5 aromatic carbocycles. The summed E-state index contributed by atoms with van der Waals surface area (Å²) in [5, 5.41) is 39.5. The van der Waals surface area contributed by atoms with Crippen LogP contribution in [0.1, 0.15) is 155 Å². The normalized spacial score (nSPS) is 11.7. The van der Waals surface area contributed by atoms with Crippen LogP contribution in [0.15, 0.2) is 181 Å². The number of aryl methyl sites for hydroxylation is 1. The van der Waals surface area contributed by atoms with Crippen molar-refractivity contribution in [3.8, 4) is 67.9 Å². The number of pyridine rings is 2. The van der Waals surface area contributed by atoms with Crippen molar-refractivity contribution in [2.45, 2.75) is 147 Å². The van der Waals surface area contributed by atoms with Crippen LogP contribution in [0.2, 0.25) is 0 Å². The number of para-hydroxylation sites is 4. The molecule has 0 aliphatic heterocycles. The minimum Gasteiger partial charge on any atom is -0.507 e. The smallest absolute Gasteiger partial charge is 0.229 e. The molecule has 22 heteroatoms. The molecule has 7 aromatic heterocycles. The van der Waals surface area contributed by atoms with E-state index < -0.39 is 0 Å². The number of aromatic hydroxyl groups is 3. The third-order valence-electron chi connectivity index (χ3n) is 15.5. The van der Waals surface area contributed by atoms with Gasteiger partial charge in [-0.3, -0.25) is 0 Å². The Bertz CT molecular complexity index is 4270. The van der Waals surface area contributed by atoms with Crippen molar-refractivity contribution in [3.05, 3.63) is 223 Å². The molecule has 3 unspecified atom stereocenters. The maximum absolute atomic E-state index is 10.2. The van der Waals surface area contributed by atoms with Crippen molar-refractivity contribution >= 4 is 21.6 Å². The monoisotopic (exact) mass is 2150 g/mol. The van der Waals surface area contributed by atoms with E-state index in [1.165, 1.54) is 11.1 Å². The largest absolute Gasteiger partial charge is 0.507 e. The number of nitrogens with zero attached hydrogens (tertiary/aromatic N) is 12. The number of benzene rings is 5. The van der Waals surface area contributed by atoms with Crippen LogP contribution >= 0.6 is 11.3 Å². The predicted octanol–water partition coefficient (Wildman–Crippen LogP) is 18.6. The Balaban J connectivity index is 0.000000320. The van der Waals surface area contributed by atoms with E-state index in [4.69, 9.17) is 9.40 Å². The first kappa shape index (κ1) is 86.8. The van der Waals surface area contributed by atoms with E-state index in [0.29, 0.717) is 46.7 Å². The molecule has 7 heterocycles. The van der Waals surface area contributed by atoms with E-state index in [0.717, 1.165) is 105 Å². The van der Waals surface area contributed by atoms with Gasteiger partial charge in [0.05, 0.1) is 50.7 Å². The van der Waals surface area contributed by atoms with Gasteiger partial charge in [0.1, 0.15) is 33.8 Å². The average Bonchev–Trinajstić information content (AvgIpc) is 1.71. The summed E-state index contributed by atoms with van der Waals surface area (Å²) in [5.74, 6) is 8.23. The summed E-state index contributed by atoms with van der Waals surface area (Å²) in [5.41, 5.74) is 8.02. The molecular formula is C77H90Ir4N12O4RhS-2. The number of imidazole rings is 1. The van der Waals surface area contributed by atoms with Crippen LogP contribution in [-0.4, -0.2) is 74.3 Å². The van der Waals surface area contributed by atoms with Crippen molar-refractivity contribution in [2.75, 3.05) is 0 Å². The van der Waals surface area contributed by atoms with E-state index in [9.17, 15) is 15.3 Å². The van der Waals surface area contributed by atoms with Crippen LogP contribution in [0.3, 0.4) is 0 Å². The number of fused-ring (bicyclic) bond motifs is 1. The standard InChI is InChI=1S/C20H22N2O.C18H19NOS.C14H19N4.C14H17NO2.C11H13N4.4Ir.Rh/c1-3-9-15(2)20-21-18(17-12-7-8-13-19(17)23)14-22(20)16-10-5-4-6-11-16;1-18(2,3)11-12-8-9-15(20)13(10-12)17-19-14-6-4-5-7-16(14)21-17;1-10(2)11(3)7-13-5-6-15-14(8-13)18-9-16-12(4)17-18;1-14(2,3)8-10-9-15-13(17-10)11-6-4-5-7-12(11)16;1-3-9(2)11-13-8-15(14-11)10-6-4-5-7-12-10;;;;;/h4-8,10-15,23H,3,9H2,1-2H3;4-10,20H,11H2,1-3H3;5-6,8,10-11H,7H2,1-4H3;4-7,9,16H,8H2,1-3H3;4-7,9H,3H2,1-2H3;;;;;/q;;-1;;-1;;;;;. The van der Waals surface area contributed by atoms with Gasteiger partial charge in [-0.2, -0.15) is 0 Å². The Morgan fingerprint density at radius 3 is 1.79 bits per heavy atom. The van der Waals surface area contributed by atoms with Gasteiger partial charge >= 0.3 is 0 Å². The summed E-state index contributed by atoms with van der Waals surface area (Å²) in [7, 11) is 0. The molecule has 16 nitrogen and oxygen atoms in total. The van der Waals surface area contributed by atoms with Crippen LogP contribution in [0.25, 0.3) is 60.8 Å². The molecule has 12 rings (SSSR count). The van der Waals surface area contributed by atoms with Gasteiger partial charge in [0.25, 0.3) is 0 Å². The third kappa shape index (κ3) is 26.2. The molecule has 0 spiro atoms. The molecule has 12 aromatic rings. The molecule has 0 fully saturated rings. The zero-order valence-corrected chi connectivity index (χ0v) is 70.5.